The second-order valence-corrected chi connectivity index (χ2v) is 4.24. The van der Waals surface area contributed by atoms with Crippen LogP contribution in [0.2, 0.25) is 0 Å². The fraction of sp³-hybridized carbons (Fsp3) is 0. The standard InChI is InChI=1S/C14H11F2N3O2/c15-8-2-3-9(11(17)6-8)14(21)19-12-5-7(13(18)20)1-4-10(12)16/h1-6H,17H2,(H2,18,20)(H,19,21). The van der Waals surface area contributed by atoms with Crippen LogP contribution in [-0.4, -0.2) is 11.8 Å². The molecule has 108 valence electrons. The Hall–Kier alpha value is -2.96. The quantitative estimate of drug-likeness (QED) is 0.753. The number of amides is 2. The van der Waals surface area contributed by atoms with Crippen LogP contribution in [0.5, 0.6) is 0 Å². The maximum atomic E-state index is 13.6. The molecule has 0 fully saturated rings. The van der Waals surface area contributed by atoms with Gasteiger partial charge in [-0.15, -0.1) is 0 Å². The van der Waals surface area contributed by atoms with Gasteiger partial charge in [0.05, 0.1) is 11.3 Å². The highest BCUT2D eigenvalue weighted by Gasteiger charge is 2.14. The van der Waals surface area contributed by atoms with Crippen molar-refractivity contribution in [3.8, 4) is 0 Å². The number of primary amides is 1. The van der Waals surface area contributed by atoms with Crippen molar-refractivity contribution in [2.24, 2.45) is 5.73 Å². The van der Waals surface area contributed by atoms with Gasteiger partial charge in [0, 0.05) is 11.3 Å². The maximum absolute atomic E-state index is 13.6. The third-order valence-corrected chi connectivity index (χ3v) is 2.76. The van der Waals surface area contributed by atoms with Crippen molar-refractivity contribution in [2.45, 2.75) is 0 Å². The van der Waals surface area contributed by atoms with Gasteiger partial charge >= 0.3 is 0 Å². The zero-order valence-corrected chi connectivity index (χ0v) is 10.7. The van der Waals surface area contributed by atoms with Crippen LogP contribution < -0.4 is 16.8 Å². The lowest BCUT2D eigenvalue weighted by molar-refractivity contribution is 0.0996. The number of hydrogen-bond acceptors (Lipinski definition) is 3. The summed E-state index contributed by atoms with van der Waals surface area (Å²) in [6.07, 6.45) is 0. The van der Waals surface area contributed by atoms with Crippen LogP contribution in [0.15, 0.2) is 36.4 Å². The topological polar surface area (TPSA) is 98.2 Å². The highest BCUT2D eigenvalue weighted by Crippen LogP contribution is 2.19. The zero-order valence-electron chi connectivity index (χ0n) is 10.7. The fourth-order valence-electron chi connectivity index (χ4n) is 1.70. The number of carbonyl (C=O) groups excluding carboxylic acids is 2. The Morgan fingerprint density at radius 3 is 2.38 bits per heavy atom. The molecule has 0 aliphatic rings. The lowest BCUT2D eigenvalue weighted by Gasteiger charge is -2.09. The molecule has 0 radical (unpaired) electrons. The molecule has 0 saturated heterocycles. The average Bonchev–Trinajstić information content (AvgIpc) is 2.40. The largest absolute Gasteiger partial charge is 0.398 e. The van der Waals surface area contributed by atoms with E-state index in [0.29, 0.717) is 0 Å². The van der Waals surface area contributed by atoms with Gasteiger partial charge in [-0.25, -0.2) is 8.78 Å². The first kappa shape index (κ1) is 14.4. The molecule has 0 saturated carbocycles. The molecule has 0 atom stereocenters. The van der Waals surface area contributed by atoms with Crippen molar-refractivity contribution in [2.75, 3.05) is 11.1 Å². The van der Waals surface area contributed by atoms with E-state index in [1.54, 1.807) is 0 Å². The van der Waals surface area contributed by atoms with Crippen LogP contribution in [0.25, 0.3) is 0 Å². The molecule has 0 bridgehead atoms. The molecule has 5 nitrogen and oxygen atoms in total. The van der Waals surface area contributed by atoms with Crippen molar-refractivity contribution >= 4 is 23.2 Å². The fourth-order valence-corrected chi connectivity index (χ4v) is 1.70. The first-order chi connectivity index (χ1) is 9.88. The molecular formula is C14H11F2N3O2. The van der Waals surface area contributed by atoms with Crippen LogP contribution in [0.4, 0.5) is 20.2 Å². The predicted octanol–water partition coefficient (Wildman–Crippen LogP) is 1.90. The van der Waals surface area contributed by atoms with Gasteiger partial charge in [-0.05, 0) is 36.4 Å². The molecule has 0 aliphatic carbocycles. The Morgan fingerprint density at radius 1 is 1.05 bits per heavy atom. The molecule has 2 aromatic rings. The smallest absolute Gasteiger partial charge is 0.257 e. The van der Waals surface area contributed by atoms with Crippen LogP contribution in [0, 0.1) is 11.6 Å². The lowest BCUT2D eigenvalue weighted by atomic mass is 10.1. The van der Waals surface area contributed by atoms with E-state index in [4.69, 9.17) is 11.5 Å². The number of nitrogens with two attached hydrogens (primary N) is 2. The molecule has 7 heteroatoms. The SMILES string of the molecule is NC(=O)c1ccc(F)c(NC(=O)c2ccc(F)cc2N)c1. The van der Waals surface area contributed by atoms with Crippen molar-refractivity contribution < 1.29 is 18.4 Å². The normalized spacial score (nSPS) is 10.2. The lowest BCUT2D eigenvalue weighted by Crippen LogP contribution is -2.17. The molecule has 2 amide bonds. The van der Waals surface area contributed by atoms with Crippen molar-refractivity contribution in [1.29, 1.82) is 0 Å². The molecule has 0 unspecified atom stereocenters. The number of anilines is 2. The first-order valence-electron chi connectivity index (χ1n) is 5.84. The number of carbonyl (C=O) groups is 2. The van der Waals surface area contributed by atoms with Crippen LogP contribution in [0.3, 0.4) is 0 Å². The molecule has 2 rings (SSSR count). The summed E-state index contributed by atoms with van der Waals surface area (Å²) in [7, 11) is 0. The highest BCUT2D eigenvalue weighted by atomic mass is 19.1. The highest BCUT2D eigenvalue weighted by molar-refractivity contribution is 6.08. The van der Waals surface area contributed by atoms with Crippen LogP contribution in [0.1, 0.15) is 20.7 Å². The molecular weight excluding hydrogens is 280 g/mol. The zero-order chi connectivity index (χ0) is 15.6. The van der Waals surface area contributed by atoms with Crippen molar-refractivity contribution in [3.05, 3.63) is 59.2 Å². The summed E-state index contributed by atoms with van der Waals surface area (Å²) in [4.78, 5) is 23.0. The minimum absolute atomic E-state index is 0.0136. The van der Waals surface area contributed by atoms with E-state index in [1.165, 1.54) is 12.1 Å². The molecule has 0 aliphatic heterocycles. The summed E-state index contributed by atoms with van der Waals surface area (Å²) in [6, 6.07) is 6.51. The summed E-state index contributed by atoms with van der Waals surface area (Å²) >= 11 is 0. The first-order valence-corrected chi connectivity index (χ1v) is 5.84. The maximum Gasteiger partial charge on any atom is 0.257 e. The number of nitrogen functional groups attached to an aromatic ring is 1. The Bertz CT molecular complexity index is 732. The van der Waals surface area contributed by atoms with Gasteiger partial charge in [0.15, 0.2) is 0 Å². The van der Waals surface area contributed by atoms with E-state index < -0.39 is 23.4 Å². The monoisotopic (exact) mass is 291 g/mol. The van der Waals surface area contributed by atoms with Crippen molar-refractivity contribution in [1.82, 2.24) is 0 Å². The molecule has 2 aromatic carbocycles. The van der Waals surface area contributed by atoms with Gasteiger partial charge in [0.25, 0.3) is 5.91 Å². The third-order valence-electron chi connectivity index (χ3n) is 2.76. The molecule has 21 heavy (non-hydrogen) atoms. The van der Waals surface area contributed by atoms with Gasteiger partial charge in [-0.2, -0.15) is 0 Å². The second kappa shape index (κ2) is 5.58. The third kappa shape index (κ3) is 3.14. The summed E-state index contributed by atoms with van der Waals surface area (Å²) in [5.41, 5.74) is 10.3. The molecule has 0 aromatic heterocycles. The van der Waals surface area contributed by atoms with Gasteiger partial charge in [-0.1, -0.05) is 0 Å². The van der Waals surface area contributed by atoms with E-state index in [2.05, 4.69) is 5.32 Å². The summed E-state index contributed by atoms with van der Waals surface area (Å²) < 4.78 is 26.5. The van der Waals surface area contributed by atoms with E-state index >= 15 is 0 Å². The summed E-state index contributed by atoms with van der Waals surface area (Å²) in [6.45, 7) is 0. The molecule has 0 spiro atoms. The van der Waals surface area contributed by atoms with E-state index in [0.717, 1.165) is 24.3 Å². The van der Waals surface area contributed by atoms with Crippen LogP contribution in [-0.2, 0) is 0 Å². The number of hydrogen-bond donors (Lipinski definition) is 3. The predicted molar refractivity (Wildman–Crippen MR) is 73.7 cm³/mol. The number of rotatable bonds is 3. The van der Waals surface area contributed by atoms with Crippen molar-refractivity contribution in [3.63, 3.8) is 0 Å². The van der Waals surface area contributed by atoms with E-state index in [-0.39, 0.29) is 22.5 Å². The van der Waals surface area contributed by atoms with Crippen LogP contribution >= 0.6 is 0 Å². The Kier molecular flexibility index (Phi) is 3.84. The van der Waals surface area contributed by atoms with Gasteiger partial charge in [0.2, 0.25) is 5.91 Å². The Balaban J connectivity index is 2.31. The van der Waals surface area contributed by atoms with E-state index in [9.17, 15) is 18.4 Å². The summed E-state index contributed by atoms with van der Waals surface area (Å²) in [5, 5.41) is 2.26. The minimum atomic E-state index is -0.758. The molecule has 5 N–H and O–H groups in total. The Morgan fingerprint density at radius 2 is 1.76 bits per heavy atom. The second-order valence-electron chi connectivity index (χ2n) is 4.24. The average molecular weight is 291 g/mol. The number of nitrogens with one attached hydrogen (secondary N) is 1. The van der Waals surface area contributed by atoms with Gasteiger partial charge in [0.1, 0.15) is 11.6 Å². The van der Waals surface area contributed by atoms with Gasteiger partial charge in [-0.3, -0.25) is 9.59 Å². The minimum Gasteiger partial charge on any atom is -0.398 e. The molecule has 0 heterocycles. The van der Waals surface area contributed by atoms with Gasteiger partial charge < -0.3 is 16.8 Å². The Labute approximate surface area is 118 Å². The van der Waals surface area contributed by atoms with E-state index in [1.807, 2.05) is 0 Å². The number of halogens is 2. The summed E-state index contributed by atoms with van der Waals surface area (Å²) in [5.74, 6) is -2.82. The number of benzene rings is 2.